The maximum absolute atomic E-state index is 14.1. The van der Waals surface area contributed by atoms with Gasteiger partial charge < -0.3 is 15.4 Å². The number of anilines is 4. The van der Waals surface area contributed by atoms with E-state index in [9.17, 15) is 14.5 Å². The fourth-order valence-electron chi connectivity index (χ4n) is 2.56. The molecule has 0 spiro atoms. The van der Waals surface area contributed by atoms with Crippen molar-refractivity contribution in [3.63, 3.8) is 0 Å². The molecular formula is C20H19BrFN5O3. The first-order valence-corrected chi connectivity index (χ1v) is 9.98. The summed E-state index contributed by atoms with van der Waals surface area (Å²) in [5.74, 6) is -0.0161. The van der Waals surface area contributed by atoms with Gasteiger partial charge in [-0.3, -0.25) is 10.1 Å². The van der Waals surface area contributed by atoms with E-state index in [0.717, 1.165) is 19.2 Å². The van der Waals surface area contributed by atoms with Crippen LogP contribution in [0, 0.1) is 15.9 Å². The van der Waals surface area contributed by atoms with E-state index in [0.29, 0.717) is 22.5 Å². The summed E-state index contributed by atoms with van der Waals surface area (Å²) in [4.78, 5) is 19.0. The van der Waals surface area contributed by atoms with Crippen molar-refractivity contribution >= 4 is 44.6 Å². The van der Waals surface area contributed by atoms with Gasteiger partial charge in [0, 0.05) is 10.2 Å². The number of nitrogens with zero attached hydrogens (tertiary/aromatic N) is 3. The molecule has 30 heavy (non-hydrogen) atoms. The number of nitro groups is 1. The van der Waals surface area contributed by atoms with E-state index in [-0.39, 0.29) is 17.3 Å². The highest BCUT2D eigenvalue weighted by molar-refractivity contribution is 9.10. The highest BCUT2D eigenvalue weighted by atomic mass is 79.9. The Morgan fingerprint density at radius 3 is 2.47 bits per heavy atom. The van der Waals surface area contributed by atoms with E-state index < -0.39 is 16.4 Å². The van der Waals surface area contributed by atoms with Crippen LogP contribution in [0.4, 0.5) is 33.1 Å². The number of ether oxygens (including phenoxy) is 1. The van der Waals surface area contributed by atoms with Crippen LogP contribution in [0.15, 0.2) is 53.3 Å². The average Bonchev–Trinajstić information content (AvgIpc) is 2.71. The number of benzene rings is 2. The number of rotatable bonds is 9. The van der Waals surface area contributed by atoms with E-state index in [2.05, 4.69) is 43.5 Å². The second-order valence-corrected chi connectivity index (χ2v) is 7.19. The van der Waals surface area contributed by atoms with Crippen LogP contribution in [0.2, 0.25) is 0 Å². The monoisotopic (exact) mass is 475 g/mol. The molecule has 1 heterocycles. The molecule has 0 saturated heterocycles. The second-order valence-electron chi connectivity index (χ2n) is 6.28. The van der Waals surface area contributed by atoms with E-state index in [1.165, 1.54) is 12.1 Å². The van der Waals surface area contributed by atoms with Crippen molar-refractivity contribution in [2.75, 3.05) is 17.2 Å². The largest absolute Gasteiger partial charge is 0.494 e. The Bertz CT molecular complexity index is 1030. The molecule has 0 atom stereocenters. The lowest BCUT2D eigenvalue weighted by Gasteiger charge is -2.11. The molecule has 2 aromatic carbocycles. The maximum atomic E-state index is 14.1. The van der Waals surface area contributed by atoms with Crippen molar-refractivity contribution in [3.8, 4) is 5.75 Å². The summed E-state index contributed by atoms with van der Waals surface area (Å²) in [5, 5.41) is 17.3. The van der Waals surface area contributed by atoms with Gasteiger partial charge in [0.15, 0.2) is 0 Å². The summed E-state index contributed by atoms with van der Waals surface area (Å²) >= 11 is 3.17. The van der Waals surface area contributed by atoms with Gasteiger partial charge in [-0.05, 0) is 48.9 Å². The smallest absolute Gasteiger partial charge is 0.353 e. The Hall–Kier alpha value is -3.27. The molecule has 0 amide bonds. The number of hydrogen-bond donors (Lipinski definition) is 2. The minimum atomic E-state index is -0.621. The van der Waals surface area contributed by atoms with E-state index in [1.807, 2.05) is 0 Å². The lowest BCUT2D eigenvalue weighted by Crippen LogP contribution is -2.06. The zero-order chi connectivity index (χ0) is 21.5. The van der Waals surface area contributed by atoms with Crippen LogP contribution in [-0.2, 0) is 0 Å². The van der Waals surface area contributed by atoms with Gasteiger partial charge in [-0.25, -0.2) is 14.4 Å². The Morgan fingerprint density at radius 2 is 1.83 bits per heavy atom. The van der Waals surface area contributed by atoms with Crippen molar-refractivity contribution in [1.82, 2.24) is 9.97 Å². The van der Waals surface area contributed by atoms with Gasteiger partial charge in [-0.2, -0.15) is 0 Å². The molecule has 1 aromatic heterocycles. The number of aromatic nitrogens is 2. The first-order valence-electron chi connectivity index (χ1n) is 9.19. The molecule has 0 radical (unpaired) electrons. The molecule has 8 nitrogen and oxygen atoms in total. The predicted octanol–water partition coefficient (Wildman–Crippen LogP) is 5.95. The first kappa shape index (κ1) is 21.4. The van der Waals surface area contributed by atoms with Gasteiger partial charge in [0.2, 0.25) is 11.6 Å². The van der Waals surface area contributed by atoms with Gasteiger partial charge in [0.25, 0.3) is 0 Å². The SMILES string of the molecule is CCCCOc1ccc(Nc2ncnc(Nc3ccc(Br)cc3F)c2[N+](=O)[O-])cc1. The van der Waals surface area contributed by atoms with Gasteiger partial charge in [-0.1, -0.05) is 29.3 Å². The molecule has 0 unspecified atom stereocenters. The second kappa shape index (κ2) is 9.97. The predicted molar refractivity (Wildman–Crippen MR) is 116 cm³/mol. The Morgan fingerprint density at radius 1 is 1.13 bits per heavy atom. The molecule has 10 heteroatoms. The standard InChI is InChI=1S/C20H19BrFN5O3/c1-2-3-10-30-15-7-5-14(6-8-15)25-19-18(27(28)29)20(24-12-23-19)26-17-9-4-13(21)11-16(17)22/h4-9,11-12H,2-3,10H2,1H3,(H2,23,24,25,26). The normalized spacial score (nSPS) is 10.5. The third-order valence-electron chi connectivity index (χ3n) is 4.07. The zero-order valence-corrected chi connectivity index (χ0v) is 17.6. The third kappa shape index (κ3) is 5.41. The molecule has 156 valence electrons. The van der Waals surface area contributed by atoms with Crippen LogP contribution in [0.5, 0.6) is 5.75 Å². The first-order chi connectivity index (χ1) is 14.5. The van der Waals surface area contributed by atoms with Crippen molar-refractivity contribution in [2.24, 2.45) is 0 Å². The highest BCUT2D eigenvalue weighted by Gasteiger charge is 2.24. The van der Waals surface area contributed by atoms with E-state index in [4.69, 9.17) is 4.74 Å². The third-order valence-corrected chi connectivity index (χ3v) is 4.57. The molecule has 3 aromatic rings. The van der Waals surface area contributed by atoms with Gasteiger partial charge in [0.1, 0.15) is 17.9 Å². The van der Waals surface area contributed by atoms with Crippen LogP contribution in [0.25, 0.3) is 0 Å². The summed E-state index contributed by atoms with van der Waals surface area (Å²) in [5.41, 5.74) is 0.239. The van der Waals surface area contributed by atoms with Crippen LogP contribution in [-0.4, -0.2) is 21.5 Å². The molecule has 0 aliphatic carbocycles. The summed E-state index contributed by atoms with van der Waals surface area (Å²) in [6.45, 7) is 2.71. The molecule has 2 N–H and O–H groups in total. The lowest BCUT2D eigenvalue weighted by molar-refractivity contribution is -0.383. The zero-order valence-electron chi connectivity index (χ0n) is 16.1. The number of unbranched alkanes of at least 4 members (excludes halogenated alkanes) is 1. The average molecular weight is 476 g/mol. The fourth-order valence-corrected chi connectivity index (χ4v) is 2.89. The maximum Gasteiger partial charge on any atom is 0.353 e. The molecule has 0 bridgehead atoms. The molecule has 0 fully saturated rings. The van der Waals surface area contributed by atoms with Crippen LogP contribution >= 0.6 is 15.9 Å². The summed E-state index contributed by atoms with van der Waals surface area (Å²) in [6, 6.07) is 11.3. The van der Waals surface area contributed by atoms with Crippen LogP contribution < -0.4 is 15.4 Å². The lowest BCUT2D eigenvalue weighted by atomic mass is 10.3. The van der Waals surface area contributed by atoms with Crippen molar-refractivity contribution in [3.05, 3.63) is 69.2 Å². The van der Waals surface area contributed by atoms with Crippen molar-refractivity contribution < 1.29 is 14.1 Å². The Kier molecular flexibility index (Phi) is 7.12. The topological polar surface area (TPSA) is 102 Å². The highest BCUT2D eigenvalue weighted by Crippen LogP contribution is 2.34. The summed E-state index contributed by atoms with van der Waals surface area (Å²) in [7, 11) is 0. The minimum Gasteiger partial charge on any atom is -0.494 e. The molecular weight excluding hydrogens is 457 g/mol. The Labute approximate surface area is 180 Å². The van der Waals surface area contributed by atoms with Crippen molar-refractivity contribution in [1.29, 1.82) is 0 Å². The summed E-state index contributed by atoms with van der Waals surface area (Å²) < 4.78 is 20.3. The quantitative estimate of drug-likeness (QED) is 0.223. The van der Waals surface area contributed by atoms with E-state index in [1.54, 1.807) is 30.3 Å². The molecule has 0 aliphatic heterocycles. The molecule has 0 aliphatic rings. The van der Waals surface area contributed by atoms with Gasteiger partial charge in [-0.15, -0.1) is 0 Å². The number of hydrogen-bond acceptors (Lipinski definition) is 7. The van der Waals surface area contributed by atoms with Crippen LogP contribution in [0.1, 0.15) is 19.8 Å². The van der Waals surface area contributed by atoms with Crippen LogP contribution in [0.3, 0.4) is 0 Å². The Balaban J connectivity index is 1.83. The van der Waals surface area contributed by atoms with Gasteiger partial charge in [0.05, 0.1) is 17.2 Å². The minimum absolute atomic E-state index is 0.0188. The molecule has 0 saturated carbocycles. The summed E-state index contributed by atoms with van der Waals surface area (Å²) in [6.07, 6.45) is 3.16. The number of nitrogens with one attached hydrogen (secondary N) is 2. The number of halogens is 2. The molecule has 3 rings (SSSR count). The van der Waals surface area contributed by atoms with Crippen molar-refractivity contribution in [2.45, 2.75) is 19.8 Å². The van der Waals surface area contributed by atoms with E-state index >= 15 is 0 Å². The fraction of sp³-hybridized carbons (Fsp3) is 0.200. The van der Waals surface area contributed by atoms with Gasteiger partial charge >= 0.3 is 5.69 Å².